The highest BCUT2D eigenvalue weighted by Crippen LogP contribution is 2.33. The molecule has 42 heavy (non-hydrogen) atoms. The van der Waals surface area contributed by atoms with Gasteiger partial charge in [-0.25, -0.2) is 9.59 Å². The molecule has 8 heteroatoms. The molecule has 0 radical (unpaired) electrons. The first-order valence-corrected chi connectivity index (χ1v) is 13.7. The van der Waals surface area contributed by atoms with Gasteiger partial charge in [-0.15, -0.1) is 0 Å². The lowest BCUT2D eigenvalue weighted by atomic mass is 10.0. The molecule has 2 N–H and O–H groups in total. The van der Waals surface area contributed by atoms with Crippen molar-refractivity contribution in [3.05, 3.63) is 131 Å². The standard InChI is InChI=1S/C34H35NO7/c1-24(2)42-33(37)31(35-34(38)41-23-27-16-10-5-11-17-27)32(36)28-18-19-29(39-21-25-12-6-3-7-13-25)30(20-28)40-22-26-14-8-4-9-15-26/h3-20,24,31-32,36H,21-23H2,1-2H3,(H,35,38)/t31-,32?/m0/s1. The van der Waals surface area contributed by atoms with Gasteiger partial charge in [0.25, 0.3) is 0 Å². The van der Waals surface area contributed by atoms with E-state index in [2.05, 4.69) is 5.32 Å². The predicted molar refractivity (Wildman–Crippen MR) is 158 cm³/mol. The minimum absolute atomic E-state index is 0.000356. The fourth-order valence-electron chi connectivity index (χ4n) is 4.07. The molecule has 0 spiro atoms. The molecule has 0 bridgehead atoms. The van der Waals surface area contributed by atoms with Gasteiger partial charge in [0, 0.05) is 0 Å². The smallest absolute Gasteiger partial charge is 0.408 e. The van der Waals surface area contributed by atoms with Gasteiger partial charge < -0.3 is 29.4 Å². The fourth-order valence-corrected chi connectivity index (χ4v) is 4.07. The summed E-state index contributed by atoms with van der Waals surface area (Å²) in [6.45, 7) is 3.93. The third kappa shape index (κ3) is 9.11. The van der Waals surface area contributed by atoms with Crippen LogP contribution in [0.4, 0.5) is 4.79 Å². The number of benzene rings is 4. The van der Waals surface area contributed by atoms with E-state index in [0.29, 0.717) is 23.7 Å². The molecule has 4 rings (SSSR count). The number of alkyl carbamates (subject to hydrolysis) is 1. The molecule has 4 aromatic rings. The number of amides is 1. The van der Waals surface area contributed by atoms with Gasteiger partial charge in [-0.3, -0.25) is 0 Å². The summed E-state index contributed by atoms with van der Waals surface area (Å²) in [6.07, 6.45) is -2.80. The Morgan fingerprint density at radius 1 is 0.690 bits per heavy atom. The number of nitrogens with one attached hydrogen (secondary N) is 1. The van der Waals surface area contributed by atoms with Crippen LogP contribution in [0.15, 0.2) is 109 Å². The van der Waals surface area contributed by atoms with E-state index in [1.807, 2.05) is 91.0 Å². The summed E-state index contributed by atoms with van der Waals surface area (Å²) in [5, 5.41) is 13.8. The molecule has 4 aromatic carbocycles. The Morgan fingerprint density at radius 3 is 1.71 bits per heavy atom. The molecule has 8 nitrogen and oxygen atoms in total. The summed E-state index contributed by atoms with van der Waals surface area (Å²) in [6, 6.07) is 31.9. The minimum Gasteiger partial charge on any atom is -0.485 e. The van der Waals surface area contributed by atoms with E-state index in [9.17, 15) is 14.7 Å². The Hall–Kier alpha value is -4.82. The van der Waals surface area contributed by atoms with Crippen molar-refractivity contribution in [2.45, 2.75) is 51.9 Å². The number of carbonyl (C=O) groups excluding carboxylic acids is 2. The van der Waals surface area contributed by atoms with Crippen LogP contribution >= 0.6 is 0 Å². The quantitative estimate of drug-likeness (QED) is 0.187. The molecule has 0 aliphatic heterocycles. The summed E-state index contributed by atoms with van der Waals surface area (Å²) in [5.41, 5.74) is 3.02. The van der Waals surface area contributed by atoms with Crippen LogP contribution in [0.1, 0.15) is 42.2 Å². The number of rotatable bonds is 13. The normalized spacial score (nSPS) is 12.2. The van der Waals surface area contributed by atoms with Gasteiger partial charge in [0.05, 0.1) is 6.10 Å². The number of hydrogen-bond donors (Lipinski definition) is 2. The van der Waals surface area contributed by atoms with Crippen LogP contribution in [0.5, 0.6) is 11.5 Å². The molecule has 0 heterocycles. The molecule has 0 saturated heterocycles. The van der Waals surface area contributed by atoms with Crippen LogP contribution in [0.25, 0.3) is 0 Å². The Labute approximate surface area is 245 Å². The Balaban J connectivity index is 1.54. The molecule has 0 aliphatic rings. The third-order valence-corrected chi connectivity index (χ3v) is 6.19. The largest absolute Gasteiger partial charge is 0.485 e. The second-order valence-electron chi connectivity index (χ2n) is 9.87. The van der Waals surface area contributed by atoms with Crippen LogP contribution in [0.2, 0.25) is 0 Å². The average molecular weight is 570 g/mol. The van der Waals surface area contributed by atoms with E-state index in [-0.39, 0.29) is 13.2 Å². The third-order valence-electron chi connectivity index (χ3n) is 6.19. The Morgan fingerprint density at radius 2 is 1.19 bits per heavy atom. The van der Waals surface area contributed by atoms with Crippen molar-refractivity contribution in [3.8, 4) is 11.5 Å². The number of hydrogen-bond acceptors (Lipinski definition) is 7. The zero-order chi connectivity index (χ0) is 29.7. The first kappa shape index (κ1) is 30.1. The maximum atomic E-state index is 13.0. The Kier molecular flexibility index (Phi) is 10.9. The van der Waals surface area contributed by atoms with Crippen molar-refractivity contribution >= 4 is 12.1 Å². The van der Waals surface area contributed by atoms with E-state index in [0.717, 1.165) is 16.7 Å². The molecule has 0 saturated carbocycles. The van der Waals surface area contributed by atoms with Crippen LogP contribution in [-0.4, -0.2) is 29.3 Å². The first-order valence-electron chi connectivity index (χ1n) is 13.7. The van der Waals surface area contributed by atoms with Crippen molar-refractivity contribution in [1.82, 2.24) is 5.32 Å². The van der Waals surface area contributed by atoms with Gasteiger partial charge in [0.15, 0.2) is 17.5 Å². The van der Waals surface area contributed by atoms with Crippen molar-refractivity contribution in [3.63, 3.8) is 0 Å². The topological polar surface area (TPSA) is 103 Å². The lowest BCUT2D eigenvalue weighted by molar-refractivity contribution is -0.153. The van der Waals surface area contributed by atoms with Crippen molar-refractivity contribution in [2.24, 2.45) is 0 Å². The van der Waals surface area contributed by atoms with E-state index < -0.39 is 30.3 Å². The summed E-state index contributed by atoms with van der Waals surface area (Å²) in [4.78, 5) is 25.6. The first-order chi connectivity index (χ1) is 20.4. The van der Waals surface area contributed by atoms with Gasteiger partial charge >= 0.3 is 12.1 Å². The summed E-state index contributed by atoms with van der Waals surface area (Å²) in [5.74, 6) is 0.0292. The van der Waals surface area contributed by atoms with E-state index in [1.54, 1.807) is 32.0 Å². The lowest BCUT2D eigenvalue weighted by Crippen LogP contribution is -2.46. The highest BCUT2D eigenvalue weighted by Gasteiger charge is 2.33. The minimum atomic E-state index is -1.47. The van der Waals surface area contributed by atoms with Crippen molar-refractivity contribution in [2.75, 3.05) is 0 Å². The summed E-state index contributed by atoms with van der Waals surface area (Å²) >= 11 is 0. The highest BCUT2D eigenvalue weighted by molar-refractivity contribution is 5.82. The number of aliphatic hydroxyl groups is 1. The summed E-state index contributed by atoms with van der Waals surface area (Å²) < 4.78 is 22.8. The predicted octanol–water partition coefficient (Wildman–Crippen LogP) is 6.12. The molecule has 218 valence electrons. The Bertz CT molecular complexity index is 1410. The zero-order valence-corrected chi connectivity index (χ0v) is 23.6. The number of aliphatic hydroxyl groups excluding tert-OH is 1. The van der Waals surface area contributed by atoms with E-state index >= 15 is 0 Å². The average Bonchev–Trinajstić information content (AvgIpc) is 3.01. The molecular weight excluding hydrogens is 534 g/mol. The maximum Gasteiger partial charge on any atom is 0.408 e. The van der Waals surface area contributed by atoms with Crippen molar-refractivity contribution in [1.29, 1.82) is 0 Å². The molecule has 0 aliphatic carbocycles. The van der Waals surface area contributed by atoms with Crippen LogP contribution in [-0.2, 0) is 34.1 Å². The molecule has 2 atom stereocenters. The number of esters is 1. The maximum absolute atomic E-state index is 13.0. The van der Waals surface area contributed by atoms with E-state index in [4.69, 9.17) is 18.9 Å². The number of ether oxygens (including phenoxy) is 4. The zero-order valence-electron chi connectivity index (χ0n) is 23.6. The second kappa shape index (κ2) is 15.3. The number of carbonyl (C=O) groups is 2. The van der Waals surface area contributed by atoms with E-state index in [1.165, 1.54) is 0 Å². The monoisotopic (exact) mass is 569 g/mol. The van der Waals surface area contributed by atoms with Gasteiger partial charge in [-0.1, -0.05) is 97.1 Å². The van der Waals surface area contributed by atoms with Crippen LogP contribution in [0.3, 0.4) is 0 Å². The fraction of sp³-hybridized carbons (Fsp3) is 0.235. The molecule has 0 aromatic heterocycles. The second-order valence-corrected chi connectivity index (χ2v) is 9.87. The molecule has 1 unspecified atom stereocenters. The highest BCUT2D eigenvalue weighted by atomic mass is 16.6. The van der Waals surface area contributed by atoms with Crippen molar-refractivity contribution < 1.29 is 33.6 Å². The molecular formula is C34H35NO7. The van der Waals surface area contributed by atoms with Crippen LogP contribution in [0, 0.1) is 0 Å². The lowest BCUT2D eigenvalue weighted by Gasteiger charge is -2.24. The summed E-state index contributed by atoms with van der Waals surface area (Å²) in [7, 11) is 0. The van der Waals surface area contributed by atoms with Crippen LogP contribution < -0.4 is 14.8 Å². The van der Waals surface area contributed by atoms with Gasteiger partial charge in [-0.2, -0.15) is 0 Å². The van der Waals surface area contributed by atoms with Gasteiger partial charge in [0.1, 0.15) is 25.9 Å². The molecule has 1 amide bonds. The molecule has 0 fully saturated rings. The SMILES string of the molecule is CC(C)OC(=O)[C@@H](NC(=O)OCc1ccccc1)C(O)c1ccc(OCc2ccccc2)c(OCc2ccccc2)c1. The van der Waals surface area contributed by atoms with Gasteiger partial charge in [-0.05, 0) is 48.2 Å². The van der Waals surface area contributed by atoms with Gasteiger partial charge in [0.2, 0.25) is 0 Å².